The van der Waals surface area contributed by atoms with Crippen LogP contribution in [-0.4, -0.2) is 31.7 Å². The van der Waals surface area contributed by atoms with Crippen molar-refractivity contribution in [2.45, 2.75) is 33.1 Å². The van der Waals surface area contributed by atoms with Gasteiger partial charge in [0, 0.05) is 0 Å². The second kappa shape index (κ2) is 7.52. The Kier molecular flexibility index (Phi) is 5.13. The standard InChI is InChI=1S/C19H21N7O2/c1-6-28-17-14(18(27)26(25-17)12-10-8-7-9-11-12)21-23-16-13(20-5)15(22-24-16)19(2,3)4/h7-11,27H,6H2,1-4H3,(H,22,24)/b23-21+. The van der Waals surface area contributed by atoms with Crippen molar-refractivity contribution in [1.29, 1.82) is 0 Å². The van der Waals surface area contributed by atoms with Crippen molar-refractivity contribution in [3.8, 4) is 17.4 Å². The van der Waals surface area contributed by atoms with Gasteiger partial charge in [0.25, 0.3) is 11.6 Å². The molecule has 28 heavy (non-hydrogen) atoms. The largest absolute Gasteiger partial charge is 0.492 e. The number of hydrogen-bond acceptors (Lipinski definition) is 6. The van der Waals surface area contributed by atoms with E-state index >= 15 is 0 Å². The minimum atomic E-state index is -0.318. The molecule has 1 aromatic carbocycles. The summed E-state index contributed by atoms with van der Waals surface area (Å²) in [6.45, 7) is 15.5. The number of para-hydroxylation sites is 1. The number of ether oxygens (including phenoxy) is 1. The van der Waals surface area contributed by atoms with Crippen LogP contribution >= 0.6 is 0 Å². The van der Waals surface area contributed by atoms with Crippen LogP contribution in [0.4, 0.5) is 17.2 Å². The molecule has 9 heteroatoms. The summed E-state index contributed by atoms with van der Waals surface area (Å²) >= 11 is 0. The smallest absolute Gasteiger partial charge is 0.265 e. The molecule has 0 bridgehead atoms. The van der Waals surface area contributed by atoms with Crippen molar-refractivity contribution < 1.29 is 9.84 Å². The van der Waals surface area contributed by atoms with Gasteiger partial charge in [-0.1, -0.05) is 39.0 Å². The van der Waals surface area contributed by atoms with E-state index in [1.54, 1.807) is 19.1 Å². The molecule has 3 aromatic rings. The normalized spacial score (nSPS) is 11.7. The third-order valence-electron chi connectivity index (χ3n) is 3.88. The lowest BCUT2D eigenvalue weighted by Crippen LogP contribution is -2.11. The molecule has 0 saturated carbocycles. The molecule has 0 aliphatic rings. The summed E-state index contributed by atoms with van der Waals surface area (Å²) in [5, 5.41) is 30.0. The van der Waals surface area contributed by atoms with Crippen LogP contribution in [0.3, 0.4) is 0 Å². The van der Waals surface area contributed by atoms with E-state index in [1.807, 2.05) is 39.0 Å². The van der Waals surface area contributed by atoms with Gasteiger partial charge in [0.1, 0.15) is 0 Å². The Balaban J connectivity index is 2.04. The molecule has 0 amide bonds. The first-order valence-electron chi connectivity index (χ1n) is 8.75. The predicted molar refractivity (Wildman–Crippen MR) is 104 cm³/mol. The van der Waals surface area contributed by atoms with E-state index in [-0.39, 0.29) is 28.7 Å². The first-order valence-corrected chi connectivity index (χ1v) is 8.75. The van der Waals surface area contributed by atoms with Gasteiger partial charge in [0.05, 0.1) is 24.6 Å². The van der Waals surface area contributed by atoms with Gasteiger partial charge in [0.15, 0.2) is 5.82 Å². The third-order valence-corrected chi connectivity index (χ3v) is 3.88. The highest BCUT2D eigenvalue weighted by atomic mass is 16.5. The first kappa shape index (κ1) is 19.1. The number of benzene rings is 1. The number of aromatic nitrogens is 4. The zero-order valence-electron chi connectivity index (χ0n) is 16.1. The van der Waals surface area contributed by atoms with Crippen LogP contribution < -0.4 is 4.74 Å². The Morgan fingerprint density at radius 3 is 2.57 bits per heavy atom. The summed E-state index contributed by atoms with van der Waals surface area (Å²) in [6.07, 6.45) is 0. The van der Waals surface area contributed by atoms with Gasteiger partial charge in [-0.15, -0.1) is 15.3 Å². The number of H-pyrrole nitrogens is 1. The zero-order valence-corrected chi connectivity index (χ0v) is 16.1. The highest BCUT2D eigenvalue weighted by Crippen LogP contribution is 2.41. The Labute approximate surface area is 162 Å². The van der Waals surface area contributed by atoms with E-state index in [2.05, 4.69) is 30.4 Å². The van der Waals surface area contributed by atoms with Crippen molar-refractivity contribution in [2.24, 2.45) is 10.2 Å². The Morgan fingerprint density at radius 1 is 1.25 bits per heavy atom. The molecule has 0 fully saturated rings. The van der Waals surface area contributed by atoms with Crippen molar-refractivity contribution >= 4 is 17.2 Å². The molecule has 2 aromatic heterocycles. The second-order valence-electron chi connectivity index (χ2n) is 6.99. The Bertz CT molecular complexity index is 1040. The van der Waals surface area contributed by atoms with Gasteiger partial charge >= 0.3 is 0 Å². The van der Waals surface area contributed by atoms with Gasteiger partial charge in [-0.25, -0.2) is 4.85 Å². The maximum absolute atomic E-state index is 10.6. The van der Waals surface area contributed by atoms with Crippen LogP contribution in [0.5, 0.6) is 11.8 Å². The Morgan fingerprint density at radius 2 is 1.96 bits per heavy atom. The number of aromatic amines is 1. The molecular formula is C19H21N7O2. The molecule has 2 N–H and O–H groups in total. The van der Waals surface area contributed by atoms with Gasteiger partial charge in [0.2, 0.25) is 11.6 Å². The van der Waals surface area contributed by atoms with Crippen molar-refractivity contribution in [3.63, 3.8) is 0 Å². The quantitative estimate of drug-likeness (QED) is 0.482. The summed E-state index contributed by atoms with van der Waals surface area (Å²) < 4.78 is 6.81. The van der Waals surface area contributed by atoms with E-state index in [1.165, 1.54) is 4.68 Å². The van der Waals surface area contributed by atoms with Crippen molar-refractivity contribution in [3.05, 3.63) is 47.4 Å². The maximum atomic E-state index is 10.6. The average molecular weight is 379 g/mol. The van der Waals surface area contributed by atoms with Crippen LogP contribution in [0.15, 0.2) is 40.6 Å². The molecule has 0 unspecified atom stereocenters. The second-order valence-corrected chi connectivity index (χ2v) is 6.99. The van der Waals surface area contributed by atoms with Crippen LogP contribution in [0, 0.1) is 6.57 Å². The number of rotatable bonds is 5. The van der Waals surface area contributed by atoms with E-state index in [0.717, 1.165) is 0 Å². The van der Waals surface area contributed by atoms with E-state index in [9.17, 15) is 5.11 Å². The van der Waals surface area contributed by atoms with E-state index < -0.39 is 0 Å². The molecule has 3 rings (SSSR count). The fraction of sp³-hybridized carbons (Fsp3) is 0.316. The number of hydrogen-bond donors (Lipinski definition) is 2. The highest BCUT2D eigenvalue weighted by molar-refractivity contribution is 5.67. The summed E-state index contributed by atoms with van der Waals surface area (Å²) in [5.41, 5.74) is 1.31. The SMILES string of the molecule is [C-]#[N+]c1c(C(C)(C)C)n[nH]c1/N=N/c1c(OCC)nn(-c2ccccc2)c1O. The van der Waals surface area contributed by atoms with Crippen LogP contribution in [0.1, 0.15) is 33.4 Å². The maximum Gasteiger partial charge on any atom is 0.265 e. The minimum absolute atomic E-state index is 0.0774. The third kappa shape index (κ3) is 3.57. The highest BCUT2D eigenvalue weighted by Gasteiger charge is 2.25. The summed E-state index contributed by atoms with van der Waals surface area (Å²) in [4.78, 5) is 3.53. The summed E-state index contributed by atoms with van der Waals surface area (Å²) in [6, 6.07) is 9.12. The van der Waals surface area contributed by atoms with Crippen molar-refractivity contribution in [2.75, 3.05) is 6.61 Å². The number of nitrogens with zero attached hydrogens (tertiary/aromatic N) is 6. The monoisotopic (exact) mass is 379 g/mol. The van der Waals surface area contributed by atoms with Gasteiger partial charge in [-0.2, -0.15) is 9.78 Å². The van der Waals surface area contributed by atoms with E-state index in [0.29, 0.717) is 23.7 Å². The average Bonchev–Trinajstić information content (AvgIpc) is 3.22. The summed E-state index contributed by atoms with van der Waals surface area (Å²) in [7, 11) is 0. The lowest BCUT2D eigenvalue weighted by molar-refractivity contribution is 0.325. The fourth-order valence-electron chi connectivity index (χ4n) is 2.58. The lowest BCUT2D eigenvalue weighted by Gasteiger charge is -2.15. The minimum Gasteiger partial charge on any atom is -0.492 e. The van der Waals surface area contributed by atoms with Gasteiger partial charge < -0.3 is 9.84 Å². The molecule has 9 nitrogen and oxygen atoms in total. The van der Waals surface area contributed by atoms with Crippen molar-refractivity contribution in [1.82, 2.24) is 20.0 Å². The molecule has 0 atom stereocenters. The predicted octanol–water partition coefficient (Wildman–Crippen LogP) is 4.96. The molecular weight excluding hydrogens is 358 g/mol. The molecule has 2 heterocycles. The first-order chi connectivity index (χ1) is 13.4. The topological polar surface area (TPSA) is 105 Å². The van der Waals surface area contributed by atoms with Crippen LogP contribution in [-0.2, 0) is 5.41 Å². The Hall–Kier alpha value is -3.67. The molecule has 0 radical (unpaired) electrons. The zero-order chi connectivity index (χ0) is 20.3. The van der Waals surface area contributed by atoms with Gasteiger partial charge in [-0.05, 0) is 24.5 Å². The lowest BCUT2D eigenvalue weighted by atomic mass is 9.91. The van der Waals surface area contributed by atoms with Crippen LogP contribution in [0.25, 0.3) is 10.5 Å². The van der Waals surface area contributed by atoms with Crippen LogP contribution in [0.2, 0.25) is 0 Å². The molecule has 0 aliphatic heterocycles. The van der Waals surface area contributed by atoms with E-state index in [4.69, 9.17) is 11.3 Å². The number of nitrogens with one attached hydrogen (secondary N) is 1. The number of azo groups is 1. The number of aromatic hydroxyl groups is 1. The molecule has 0 saturated heterocycles. The molecule has 0 aliphatic carbocycles. The summed E-state index contributed by atoms with van der Waals surface area (Å²) in [5.74, 6) is 0.153. The molecule has 0 spiro atoms. The fourth-order valence-corrected chi connectivity index (χ4v) is 2.58. The van der Waals surface area contributed by atoms with Gasteiger partial charge in [-0.3, -0.25) is 5.10 Å². The molecule has 144 valence electrons.